The smallest absolute Gasteiger partial charge is 0.220 e. The summed E-state index contributed by atoms with van der Waals surface area (Å²) in [5.41, 5.74) is 0. The minimum absolute atomic E-state index is 0.0693. The van der Waals surface area contributed by atoms with Crippen LogP contribution in [0.5, 0.6) is 5.75 Å². The highest BCUT2D eigenvalue weighted by Gasteiger charge is 2.19. The number of amides is 1. The minimum Gasteiger partial charge on any atom is -0.491 e. The molecule has 202 valence electrons. The van der Waals surface area contributed by atoms with Crippen LogP contribution in [0.2, 0.25) is 0 Å². The standard InChI is InChI=1S/C24H42N2O7S2/c1-24(2,35-34-3)7-4-23(27)26-10-11-28-12-13-29-14-15-30-16-17-31-18-19-32-20-21-33-22-5-8-25-9-6-22/h5-6,8-9H,4,7,10-21H2,1-3H3,(H,26,27). The third kappa shape index (κ3) is 20.8. The fraction of sp³-hybridized carbons (Fsp3) is 0.750. The van der Waals surface area contributed by atoms with E-state index in [1.54, 1.807) is 34.0 Å². The van der Waals surface area contributed by atoms with Gasteiger partial charge in [-0.2, -0.15) is 0 Å². The van der Waals surface area contributed by atoms with Gasteiger partial charge in [-0.25, -0.2) is 0 Å². The van der Waals surface area contributed by atoms with Crippen LogP contribution < -0.4 is 10.1 Å². The van der Waals surface area contributed by atoms with Gasteiger partial charge in [0.15, 0.2) is 0 Å². The lowest BCUT2D eigenvalue weighted by Crippen LogP contribution is -2.29. The Morgan fingerprint density at radius 2 is 1.31 bits per heavy atom. The molecule has 9 nitrogen and oxygen atoms in total. The van der Waals surface area contributed by atoms with Crippen molar-refractivity contribution < 1.29 is 33.2 Å². The second-order valence-corrected chi connectivity index (χ2v) is 11.1. The molecule has 0 saturated carbocycles. The summed E-state index contributed by atoms with van der Waals surface area (Å²) in [5, 5.41) is 2.89. The molecule has 1 aromatic rings. The molecule has 0 bridgehead atoms. The van der Waals surface area contributed by atoms with Gasteiger partial charge in [-0.1, -0.05) is 21.6 Å². The molecule has 1 aromatic heterocycles. The molecular formula is C24H42N2O7S2. The van der Waals surface area contributed by atoms with Gasteiger partial charge in [0.25, 0.3) is 0 Å². The largest absolute Gasteiger partial charge is 0.491 e. The number of aromatic nitrogens is 1. The first-order chi connectivity index (χ1) is 17.0. The van der Waals surface area contributed by atoms with E-state index in [-0.39, 0.29) is 10.7 Å². The Kier molecular flexibility index (Phi) is 20.2. The zero-order chi connectivity index (χ0) is 25.5. The zero-order valence-corrected chi connectivity index (χ0v) is 23.0. The van der Waals surface area contributed by atoms with E-state index in [1.165, 1.54) is 0 Å². The number of nitrogens with zero attached hydrogens (tertiary/aromatic N) is 1. The molecule has 1 amide bonds. The van der Waals surface area contributed by atoms with E-state index in [4.69, 9.17) is 28.4 Å². The monoisotopic (exact) mass is 534 g/mol. The summed E-state index contributed by atoms with van der Waals surface area (Å²) in [6.07, 6.45) is 6.82. The van der Waals surface area contributed by atoms with Crippen LogP contribution in [0.15, 0.2) is 24.5 Å². The lowest BCUT2D eigenvalue weighted by atomic mass is 10.1. The molecule has 0 aliphatic rings. The lowest BCUT2D eigenvalue weighted by Gasteiger charge is -2.21. The van der Waals surface area contributed by atoms with Crippen LogP contribution in [0.1, 0.15) is 26.7 Å². The maximum absolute atomic E-state index is 11.9. The van der Waals surface area contributed by atoms with E-state index in [0.29, 0.717) is 85.6 Å². The molecule has 1 rings (SSSR count). The van der Waals surface area contributed by atoms with Crippen molar-refractivity contribution in [2.24, 2.45) is 0 Å². The highest BCUT2D eigenvalue weighted by atomic mass is 33.1. The van der Waals surface area contributed by atoms with Gasteiger partial charge in [0.2, 0.25) is 5.91 Å². The minimum atomic E-state index is 0.0693. The molecule has 0 aliphatic carbocycles. The van der Waals surface area contributed by atoms with Crippen LogP contribution in [0.25, 0.3) is 0 Å². The Labute approximate surface area is 218 Å². The van der Waals surface area contributed by atoms with E-state index in [0.717, 1.165) is 12.2 Å². The number of rotatable bonds is 24. The van der Waals surface area contributed by atoms with Crippen molar-refractivity contribution in [1.82, 2.24) is 10.3 Å². The molecule has 0 unspecified atom stereocenters. The first-order valence-corrected chi connectivity index (χ1v) is 14.5. The normalized spacial score (nSPS) is 11.5. The molecule has 0 saturated heterocycles. The molecule has 0 radical (unpaired) electrons. The van der Waals surface area contributed by atoms with Crippen LogP contribution in [0.3, 0.4) is 0 Å². The van der Waals surface area contributed by atoms with Crippen molar-refractivity contribution in [3.8, 4) is 5.75 Å². The van der Waals surface area contributed by atoms with Gasteiger partial charge in [0.05, 0.1) is 66.1 Å². The van der Waals surface area contributed by atoms with Gasteiger partial charge in [0.1, 0.15) is 12.4 Å². The highest BCUT2D eigenvalue weighted by Crippen LogP contribution is 2.36. The SMILES string of the molecule is CSSC(C)(C)CCC(=O)NCCOCCOCCOCCOCCOCCOc1ccncc1. The first kappa shape index (κ1) is 31.9. The number of hydrogen-bond acceptors (Lipinski definition) is 10. The Bertz CT molecular complexity index is 627. The van der Waals surface area contributed by atoms with Crippen LogP contribution >= 0.6 is 21.6 Å². The van der Waals surface area contributed by atoms with Crippen molar-refractivity contribution in [1.29, 1.82) is 0 Å². The quantitative estimate of drug-likeness (QED) is 0.157. The molecule has 0 spiro atoms. The molecule has 0 aliphatic heterocycles. The van der Waals surface area contributed by atoms with E-state index >= 15 is 0 Å². The van der Waals surface area contributed by atoms with Gasteiger partial charge in [-0.05, 0) is 38.7 Å². The molecular weight excluding hydrogens is 492 g/mol. The molecule has 11 heteroatoms. The van der Waals surface area contributed by atoms with Crippen molar-refractivity contribution in [3.05, 3.63) is 24.5 Å². The number of carbonyl (C=O) groups excluding carboxylic acids is 1. The lowest BCUT2D eigenvalue weighted by molar-refractivity contribution is -0.121. The van der Waals surface area contributed by atoms with Gasteiger partial charge in [-0.15, -0.1) is 0 Å². The molecule has 1 N–H and O–H groups in total. The Balaban J connectivity index is 1.73. The molecule has 35 heavy (non-hydrogen) atoms. The van der Waals surface area contributed by atoms with Crippen LogP contribution in [-0.2, 0) is 28.5 Å². The van der Waals surface area contributed by atoms with Crippen molar-refractivity contribution in [2.45, 2.75) is 31.4 Å². The Hall–Kier alpha value is -1.08. The van der Waals surface area contributed by atoms with Gasteiger partial charge < -0.3 is 33.7 Å². The predicted octanol–water partition coefficient (Wildman–Crippen LogP) is 3.23. The van der Waals surface area contributed by atoms with Crippen molar-refractivity contribution in [2.75, 3.05) is 85.5 Å². The summed E-state index contributed by atoms with van der Waals surface area (Å²) in [6.45, 7) is 10.4. The average Bonchev–Trinajstić information content (AvgIpc) is 2.85. The third-order valence-electron chi connectivity index (χ3n) is 4.47. The summed E-state index contributed by atoms with van der Waals surface area (Å²) >= 11 is 0. The van der Waals surface area contributed by atoms with Gasteiger partial charge in [0, 0.05) is 30.1 Å². The van der Waals surface area contributed by atoms with Crippen LogP contribution in [-0.4, -0.2) is 101 Å². The molecule has 1 heterocycles. The zero-order valence-electron chi connectivity index (χ0n) is 21.3. The summed E-state index contributed by atoms with van der Waals surface area (Å²) in [4.78, 5) is 15.8. The second kappa shape index (κ2) is 22.1. The Morgan fingerprint density at radius 3 is 1.83 bits per heavy atom. The maximum Gasteiger partial charge on any atom is 0.220 e. The van der Waals surface area contributed by atoms with Crippen LogP contribution in [0, 0.1) is 0 Å². The number of ether oxygens (including phenoxy) is 6. The van der Waals surface area contributed by atoms with Gasteiger partial charge >= 0.3 is 0 Å². The van der Waals surface area contributed by atoms with E-state index < -0.39 is 0 Å². The average molecular weight is 535 g/mol. The maximum atomic E-state index is 11.9. The first-order valence-electron chi connectivity index (χ1n) is 11.9. The summed E-state index contributed by atoms with van der Waals surface area (Å²) in [6, 6.07) is 3.61. The molecule has 0 aromatic carbocycles. The van der Waals surface area contributed by atoms with Crippen molar-refractivity contribution in [3.63, 3.8) is 0 Å². The molecule has 0 fully saturated rings. The summed E-state index contributed by atoms with van der Waals surface area (Å²) in [5.74, 6) is 0.852. The number of nitrogens with one attached hydrogen (secondary N) is 1. The summed E-state index contributed by atoms with van der Waals surface area (Å²) < 4.78 is 32.9. The fourth-order valence-electron chi connectivity index (χ4n) is 2.67. The third-order valence-corrected chi connectivity index (χ3v) is 7.14. The predicted molar refractivity (Wildman–Crippen MR) is 141 cm³/mol. The van der Waals surface area contributed by atoms with Crippen molar-refractivity contribution >= 4 is 27.5 Å². The number of pyridine rings is 1. The van der Waals surface area contributed by atoms with Crippen LogP contribution in [0.4, 0.5) is 0 Å². The topological polar surface area (TPSA) is 97.4 Å². The number of carbonyl (C=O) groups is 1. The van der Waals surface area contributed by atoms with E-state index in [1.807, 2.05) is 12.1 Å². The number of hydrogen-bond donors (Lipinski definition) is 1. The van der Waals surface area contributed by atoms with Gasteiger partial charge in [-0.3, -0.25) is 9.78 Å². The van der Waals surface area contributed by atoms with E-state index in [9.17, 15) is 4.79 Å². The summed E-state index contributed by atoms with van der Waals surface area (Å²) in [7, 11) is 3.53. The fourth-order valence-corrected chi connectivity index (χ4v) is 4.91. The second-order valence-electron chi connectivity index (χ2n) is 7.95. The highest BCUT2D eigenvalue weighted by molar-refractivity contribution is 8.76. The van der Waals surface area contributed by atoms with E-state index in [2.05, 4.69) is 30.4 Å². The molecule has 0 atom stereocenters. The Morgan fingerprint density at radius 1 is 0.829 bits per heavy atom.